The molecule has 7 rings (SSSR count). The Balaban J connectivity index is 1.23. The van der Waals surface area contributed by atoms with Crippen LogP contribution in [0.1, 0.15) is 18.4 Å². The van der Waals surface area contributed by atoms with E-state index in [2.05, 4.69) is 35.2 Å². The molecule has 0 saturated carbocycles. The number of halogens is 1. The number of H-pyrrole nitrogens is 2. The molecule has 1 saturated heterocycles. The van der Waals surface area contributed by atoms with E-state index in [0.29, 0.717) is 39.5 Å². The van der Waals surface area contributed by atoms with Gasteiger partial charge in [-0.25, -0.2) is 22.5 Å². The van der Waals surface area contributed by atoms with Gasteiger partial charge in [-0.15, -0.1) is 0 Å². The van der Waals surface area contributed by atoms with Gasteiger partial charge in [0.05, 0.1) is 40.9 Å². The highest BCUT2D eigenvalue weighted by molar-refractivity contribution is 7.88. The number of nitrogens with zero attached hydrogens (tertiary/aromatic N) is 4. The summed E-state index contributed by atoms with van der Waals surface area (Å²) in [5, 5.41) is 11.7. The van der Waals surface area contributed by atoms with Gasteiger partial charge >= 0.3 is 0 Å². The van der Waals surface area contributed by atoms with Crippen molar-refractivity contribution >= 4 is 32.0 Å². The number of para-hydroxylation sites is 1. The van der Waals surface area contributed by atoms with Crippen LogP contribution in [0.15, 0.2) is 67.1 Å². The SMILES string of the molecule is CS(=O)(=O)NCc1cc(F)cc(-c2cccc3[nH]c(-c4n[nH]c5cnc(-c6cncc(OC7CCNCC7)c6)cc45)nc23)c1. The van der Waals surface area contributed by atoms with Gasteiger partial charge in [0.1, 0.15) is 23.4 Å². The van der Waals surface area contributed by atoms with Crippen LogP contribution in [0.2, 0.25) is 0 Å². The maximum absolute atomic E-state index is 14.6. The number of sulfonamides is 1. The molecule has 4 aromatic heterocycles. The zero-order valence-corrected chi connectivity index (χ0v) is 24.6. The summed E-state index contributed by atoms with van der Waals surface area (Å²) in [7, 11) is -3.43. The molecule has 11 nitrogen and oxygen atoms in total. The van der Waals surface area contributed by atoms with E-state index < -0.39 is 15.8 Å². The minimum atomic E-state index is -3.43. The van der Waals surface area contributed by atoms with Crippen molar-refractivity contribution in [3.63, 3.8) is 0 Å². The summed E-state index contributed by atoms with van der Waals surface area (Å²) in [6.07, 6.45) is 8.34. The number of pyridine rings is 2. The van der Waals surface area contributed by atoms with Crippen LogP contribution in [0.4, 0.5) is 4.39 Å². The molecule has 13 heteroatoms. The number of nitrogens with one attached hydrogen (secondary N) is 4. The summed E-state index contributed by atoms with van der Waals surface area (Å²) < 4.78 is 46.4. The third-order valence-electron chi connectivity index (χ3n) is 7.59. The Morgan fingerprint density at radius 1 is 1.02 bits per heavy atom. The van der Waals surface area contributed by atoms with Crippen molar-refractivity contribution in [1.82, 2.24) is 40.2 Å². The minimum Gasteiger partial charge on any atom is -0.489 e. The zero-order chi connectivity index (χ0) is 30.3. The fourth-order valence-electron chi connectivity index (χ4n) is 5.48. The number of benzene rings is 2. The average molecular weight is 613 g/mol. The number of imidazole rings is 1. The van der Waals surface area contributed by atoms with Gasteiger partial charge in [0.2, 0.25) is 10.0 Å². The van der Waals surface area contributed by atoms with Crippen molar-refractivity contribution in [2.45, 2.75) is 25.5 Å². The van der Waals surface area contributed by atoms with Crippen molar-refractivity contribution in [3.8, 4) is 39.7 Å². The van der Waals surface area contributed by atoms with Crippen LogP contribution in [-0.4, -0.2) is 64.0 Å². The molecule has 0 amide bonds. The standard InChI is InChI=1S/C31H29FN8O3S/c1-44(41,42)36-14-18-9-19(11-21(32)10-18)24-3-2-4-26-29(24)38-31(37-26)30-25-13-27(35-17-28(25)39-40-30)20-12-23(16-34-15-20)43-22-5-7-33-8-6-22/h2-4,9-13,15-17,22,33,36H,5-8,14H2,1H3,(H,37,38)(H,39,40). The topological polar surface area (TPSA) is 151 Å². The van der Waals surface area contributed by atoms with Gasteiger partial charge in [-0.2, -0.15) is 5.10 Å². The zero-order valence-electron chi connectivity index (χ0n) is 23.8. The van der Waals surface area contributed by atoms with E-state index in [1.807, 2.05) is 30.3 Å². The van der Waals surface area contributed by atoms with Crippen LogP contribution in [0.5, 0.6) is 5.75 Å². The van der Waals surface area contributed by atoms with Crippen LogP contribution in [0.3, 0.4) is 0 Å². The maximum atomic E-state index is 14.6. The molecule has 224 valence electrons. The molecular weight excluding hydrogens is 583 g/mol. The molecule has 0 radical (unpaired) electrons. The van der Waals surface area contributed by atoms with Gasteiger partial charge in [0.15, 0.2) is 5.82 Å². The first kappa shape index (κ1) is 28.1. The molecule has 4 N–H and O–H groups in total. The van der Waals surface area contributed by atoms with Crippen molar-refractivity contribution < 1.29 is 17.5 Å². The highest BCUT2D eigenvalue weighted by atomic mass is 32.2. The van der Waals surface area contributed by atoms with Crippen LogP contribution in [0, 0.1) is 5.82 Å². The smallest absolute Gasteiger partial charge is 0.209 e. The lowest BCUT2D eigenvalue weighted by Crippen LogP contribution is -2.34. The molecule has 0 spiro atoms. The lowest BCUT2D eigenvalue weighted by molar-refractivity contribution is 0.162. The molecule has 0 aliphatic carbocycles. The first-order valence-corrected chi connectivity index (χ1v) is 16.1. The first-order valence-electron chi connectivity index (χ1n) is 14.2. The predicted octanol–water partition coefficient (Wildman–Crippen LogP) is 4.55. The second kappa shape index (κ2) is 11.4. The van der Waals surface area contributed by atoms with Crippen molar-refractivity contribution in [2.75, 3.05) is 19.3 Å². The summed E-state index contributed by atoms with van der Waals surface area (Å²) in [6, 6.07) is 14.0. The molecule has 1 aliphatic heterocycles. The van der Waals surface area contributed by atoms with E-state index in [9.17, 15) is 12.8 Å². The van der Waals surface area contributed by atoms with Gasteiger partial charge in [-0.1, -0.05) is 12.1 Å². The van der Waals surface area contributed by atoms with E-state index in [0.717, 1.165) is 59.9 Å². The molecule has 2 aromatic carbocycles. The van der Waals surface area contributed by atoms with E-state index in [-0.39, 0.29) is 12.6 Å². The normalized spacial score (nSPS) is 14.4. The molecule has 0 bridgehead atoms. The van der Waals surface area contributed by atoms with Gasteiger partial charge in [0, 0.05) is 29.3 Å². The van der Waals surface area contributed by atoms with Crippen LogP contribution in [0.25, 0.3) is 55.8 Å². The Bertz CT molecular complexity index is 2100. The van der Waals surface area contributed by atoms with E-state index in [4.69, 9.17) is 9.72 Å². The molecule has 0 atom stereocenters. The van der Waals surface area contributed by atoms with Crippen LogP contribution in [-0.2, 0) is 16.6 Å². The number of aromatic amines is 2. The summed E-state index contributed by atoms with van der Waals surface area (Å²) in [5.41, 5.74) is 6.05. The number of hydrogen-bond donors (Lipinski definition) is 4. The maximum Gasteiger partial charge on any atom is 0.209 e. The van der Waals surface area contributed by atoms with Crippen LogP contribution >= 0.6 is 0 Å². The van der Waals surface area contributed by atoms with Gasteiger partial charge in [0.25, 0.3) is 0 Å². The second-order valence-electron chi connectivity index (χ2n) is 10.9. The number of rotatable bonds is 8. The highest BCUT2D eigenvalue weighted by Crippen LogP contribution is 2.33. The molecule has 5 heterocycles. The summed E-state index contributed by atoms with van der Waals surface area (Å²) in [6.45, 7) is 1.85. The predicted molar refractivity (Wildman–Crippen MR) is 166 cm³/mol. The molecule has 6 aromatic rings. The molecule has 44 heavy (non-hydrogen) atoms. The molecule has 1 aliphatic rings. The molecular formula is C31H29FN8O3S. The first-order chi connectivity index (χ1) is 21.3. The van der Waals surface area contributed by atoms with Crippen LogP contribution < -0.4 is 14.8 Å². The number of piperidine rings is 1. The Morgan fingerprint density at radius 2 is 1.89 bits per heavy atom. The largest absolute Gasteiger partial charge is 0.489 e. The van der Waals surface area contributed by atoms with Gasteiger partial charge in [-0.05, 0) is 73.5 Å². The van der Waals surface area contributed by atoms with Crippen molar-refractivity contribution in [1.29, 1.82) is 0 Å². The van der Waals surface area contributed by atoms with Gasteiger partial charge < -0.3 is 15.0 Å². The van der Waals surface area contributed by atoms with E-state index >= 15 is 0 Å². The molecule has 0 unspecified atom stereocenters. The lowest BCUT2D eigenvalue weighted by atomic mass is 10.0. The Hall–Kier alpha value is -4.72. The Labute approximate surface area is 252 Å². The van der Waals surface area contributed by atoms with Crippen molar-refractivity contribution in [3.05, 3.63) is 78.5 Å². The fraction of sp³-hybridized carbons (Fsp3) is 0.226. The minimum absolute atomic E-state index is 0.0242. The molecule has 1 fully saturated rings. The second-order valence-corrected chi connectivity index (χ2v) is 12.7. The third-order valence-corrected chi connectivity index (χ3v) is 8.26. The number of aromatic nitrogens is 6. The number of fused-ring (bicyclic) bond motifs is 2. The van der Waals surface area contributed by atoms with Crippen molar-refractivity contribution in [2.24, 2.45) is 0 Å². The summed E-state index contributed by atoms with van der Waals surface area (Å²) in [4.78, 5) is 17.3. The summed E-state index contributed by atoms with van der Waals surface area (Å²) >= 11 is 0. The Morgan fingerprint density at radius 3 is 2.73 bits per heavy atom. The third kappa shape index (κ3) is 5.89. The number of ether oxygens (including phenoxy) is 1. The average Bonchev–Trinajstić information content (AvgIpc) is 3.64. The van der Waals surface area contributed by atoms with E-state index in [1.165, 1.54) is 12.1 Å². The highest BCUT2D eigenvalue weighted by Gasteiger charge is 2.18. The Kier molecular flexibility index (Phi) is 7.28. The van der Waals surface area contributed by atoms with E-state index in [1.54, 1.807) is 24.7 Å². The number of hydrogen-bond acceptors (Lipinski definition) is 8. The fourth-order valence-corrected chi connectivity index (χ4v) is 5.91. The monoisotopic (exact) mass is 612 g/mol. The van der Waals surface area contributed by atoms with Gasteiger partial charge in [-0.3, -0.25) is 15.1 Å². The lowest BCUT2D eigenvalue weighted by Gasteiger charge is -2.23. The quantitative estimate of drug-likeness (QED) is 0.196. The summed E-state index contributed by atoms with van der Waals surface area (Å²) in [5.74, 6) is 0.770.